The molecule has 0 aromatic carbocycles. The molecule has 1 heterocycles. The summed E-state index contributed by atoms with van der Waals surface area (Å²) < 4.78 is 1.36. The third-order valence-corrected chi connectivity index (χ3v) is 1.58. The van der Waals surface area contributed by atoms with Crippen molar-refractivity contribution in [1.29, 1.82) is 0 Å². The molecule has 0 bridgehead atoms. The quantitative estimate of drug-likeness (QED) is 0.532. The van der Waals surface area contributed by atoms with E-state index in [0.717, 1.165) is 0 Å². The van der Waals surface area contributed by atoms with Crippen LogP contribution < -0.4 is 11.5 Å². The molecule has 66 valence electrons. The molecule has 0 radical (unpaired) electrons. The maximum absolute atomic E-state index is 10.5. The summed E-state index contributed by atoms with van der Waals surface area (Å²) in [5, 5.41) is 12.3. The van der Waals surface area contributed by atoms with E-state index in [1.54, 1.807) is 7.05 Å². The zero-order valence-corrected chi connectivity index (χ0v) is 6.56. The average molecular weight is 170 g/mol. The molecule has 6 heteroatoms. The van der Waals surface area contributed by atoms with Gasteiger partial charge in [-0.05, 0) is 0 Å². The molecule has 0 amide bonds. The Morgan fingerprint density at radius 1 is 1.83 bits per heavy atom. The topological polar surface area (TPSA) is 107 Å². The number of carbonyl (C=O) groups is 1. The lowest BCUT2D eigenvalue weighted by molar-refractivity contribution is -0.138. The smallest absolute Gasteiger partial charge is 0.326 e. The second-order valence-electron chi connectivity index (χ2n) is 2.42. The fourth-order valence-corrected chi connectivity index (χ4v) is 0.962. The van der Waals surface area contributed by atoms with Crippen molar-refractivity contribution < 1.29 is 9.90 Å². The van der Waals surface area contributed by atoms with E-state index >= 15 is 0 Å². The van der Waals surface area contributed by atoms with Crippen LogP contribution in [0.4, 0.5) is 5.69 Å². The molecule has 1 rings (SSSR count). The van der Waals surface area contributed by atoms with Crippen molar-refractivity contribution in [2.45, 2.75) is 6.04 Å². The van der Waals surface area contributed by atoms with E-state index in [2.05, 4.69) is 5.10 Å². The summed E-state index contributed by atoms with van der Waals surface area (Å²) in [4.78, 5) is 10.5. The minimum atomic E-state index is -1.12. The highest BCUT2D eigenvalue weighted by Crippen LogP contribution is 2.16. The fourth-order valence-electron chi connectivity index (χ4n) is 0.962. The van der Waals surface area contributed by atoms with Crippen molar-refractivity contribution in [2.75, 3.05) is 5.73 Å². The van der Waals surface area contributed by atoms with E-state index in [1.807, 2.05) is 0 Å². The average Bonchev–Trinajstić information content (AvgIpc) is 2.30. The minimum Gasteiger partial charge on any atom is -0.480 e. The highest BCUT2D eigenvalue weighted by Gasteiger charge is 2.20. The van der Waals surface area contributed by atoms with Gasteiger partial charge in [-0.2, -0.15) is 5.10 Å². The first-order valence-corrected chi connectivity index (χ1v) is 3.29. The summed E-state index contributed by atoms with van der Waals surface area (Å²) >= 11 is 0. The standard InChI is InChI=1S/C6H10N4O2/c1-10-5(3(7)2-9-10)4(8)6(11)12/h2,4H,7-8H2,1H3,(H,11,12). The number of aliphatic carboxylic acids is 1. The Morgan fingerprint density at radius 3 is 2.75 bits per heavy atom. The molecule has 1 unspecified atom stereocenters. The van der Waals surface area contributed by atoms with Crippen LogP contribution in [0, 0.1) is 0 Å². The zero-order valence-electron chi connectivity index (χ0n) is 6.56. The summed E-state index contributed by atoms with van der Waals surface area (Å²) in [6.07, 6.45) is 1.37. The molecule has 0 aliphatic heterocycles. The monoisotopic (exact) mass is 170 g/mol. The molecule has 0 aliphatic rings. The van der Waals surface area contributed by atoms with Gasteiger partial charge >= 0.3 is 5.97 Å². The maximum Gasteiger partial charge on any atom is 0.326 e. The van der Waals surface area contributed by atoms with Crippen LogP contribution in [0.2, 0.25) is 0 Å². The number of aromatic nitrogens is 2. The second-order valence-corrected chi connectivity index (χ2v) is 2.42. The van der Waals surface area contributed by atoms with Gasteiger partial charge in [0, 0.05) is 7.05 Å². The number of nitrogens with two attached hydrogens (primary N) is 2. The summed E-state index contributed by atoms with van der Waals surface area (Å²) in [6, 6.07) is -1.11. The van der Waals surface area contributed by atoms with E-state index in [0.29, 0.717) is 11.4 Å². The number of carboxylic acid groups (broad SMARTS) is 1. The minimum absolute atomic E-state index is 0.299. The van der Waals surface area contributed by atoms with Gasteiger partial charge in [0.2, 0.25) is 0 Å². The normalized spacial score (nSPS) is 12.8. The second kappa shape index (κ2) is 2.82. The van der Waals surface area contributed by atoms with Crippen LogP contribution in [-0.2, 0) is 11.8 Å². The van der Waals surface area contributed by atoms with Crippen molar-refractivity contribution >= 4 is 11.7 Å². The van der Waals surface area contributed by atoms with E-state index in [1.165, 1.54) is 10.9 Å². The lowest BCUT2D eigenvalue weighted by Crippen LogP contribution is -2.24. The number of carboxylic acids is 1. The van der Waals surface area contributed by atoms with Crippen LogP contribution in [0.25, 0.3) is 0 Å². The van der Waals surface area contributed by atoms with Crippen molar-refractivity contribution in [1.82, 2.24) is 9.78 Å². The van der Waals surface area contributed by atoms with E-state index in [4.69, 9.17) is 16.6 Å². The number of anilines is 1. The van der Waals surface area contributed by atoms with Crippen molar-refractivity contribution in [3.63, 3.8) is 0 Å². The van der Waals surface area contributed by atoms with Crippen LogP contribution in [-0.4, -0.2) is 20.9 Å². The Hall–Kier alpha value is -1.56. The Morgan fingerprint density at radius 2 is 2.42 bits per heavy atom. The molecule has 0 fully saturated rings. The van der Waals surface area contributed by atoms with E-state index < -0.39 is 12.0 Å². The molecule has 0 saturated heterocycles. The fraction of sp³-hybridized carbons (Fsp3) is 0.333. The lowest BCUT2D eigenvalue weighted by atomic mass is 10.2. The highest BCUT2D eigenvalue weighted by atomic mass is 16.4. The van der Waals surface area contributed by atoms with Gasteiger partial charge in [-0.1, -0.05) is 0 Å². The lowest BCUT2D eigenvalue weighted by Gasteiger charge is -2.07. The molecule has 1 aromatic rings. The Balaban J connectivity index is 3.08. The van der Waals surface area contributed by atoms with Gasteiger partial charge in [-0.25, -0.2) is 0 Å². The van der Waals surface area contributed by atoms with Crippen molar-refractivity contribution in [2.24, 2.45) is 12.8 Å². The molecular formula is C6H10N4O2. The molecule has 5 N–H and O–H groups in total. The first-order valence-electron chi connectivity index (χ1n) is 3.29. The Labute approximate surface area is 68.8 Å². The van der Waals surface area contributed by atoms with Crippen LogP contribution in [0.1, 0.15) is 11.7 Å². The predicted molar refractivity (Wildman–Crippen MR) is 42.2 cm³/mol. The Kier molecular flexibility index (Phi) is 2.01. The first kappa shape index (κ1) is 8.54. The van der Waals surface area contributed by atoms with Gasteiger partial charge in [0.05, 0.1) is 17.6 Å². The summed E-state index contributed by atoms with van der Waals surface area (Å²) in [5.74, 6) is -1.12. The van der Waals surface area contributed by atoms with E-state index in [-0.39, 0.29) is 0 Å². The maximum atomic E-state index is 10.5. The molecule has 0 aliphatic carbocycles. The van der Waals surface area contributed by atoms with Crippen molar-refractivity contribution in [3.05, 3.63) is 11.9 Å². The van der Waals surface area contributed by atoms with Gasteiger partial charge in [-0.3, -0.25) is 9.48 Å². The number of nitrogens with zero attached hydrogens (tertiary/aromatic N) is 2. The number of hydrogen-bond donors (Lipinski definition) is 3. The first-order chi connectivity index (χ1) is 5.54. The molecule has 1 aromatic heterocycles. The SMILES string of the molecule is Cn1ncc(N)c1C(N)C(=O)O. The van der Waals surface area contributed by atoms with Crippen LogP contribution in [0.5, 0.6) is 0 Å². The molecule has 6 nitrogen and oxygen atoms in total. The third-order valence-electron chi connectivity index (χ3n) is 1.58. The van der Waals surface area contributed by atoms with Gasteiger partial charge < -0.3 is 16.6 Å². The molecule has 0 spiro atoms. The predicted octanol–water partition coefficient (Wildman–Crippen LogP) is -0.913. The van der Waals surface area contributed by atoms with Gasteiger partial charge in [0.25, 0.3) is 0 Å². The molecule has 0 saturated carbocycles. The molecule has 12 heavy (non-hydrogen) atoms. The number of hydrogen-bond acceptors (Lipinski definition) is 4. The highest BCUT2D eigenvalue weighted by molar-refractivity contribution is 5.76. The van der Waals surface area contributed by atoms with E-state index in [9.17, 15) is 4.79 Å². The third kappa shape index (κ3) is 1.24. The van der Waals surface area contributed by atoms with Gasteiger partial charge in [-0.15, -0.1) is 0 Å². The molecule has 1 atom stereocenters. The summed E-state index contributed by atoms with van der Waals surface area (Å²) in [7, 11) is 1.59. The van der Waals surface area contributed by atoms with Gasteiger partial charge in [0.1, 0.15) is 6.04 Å². The van der Waals surface area contributed by atoms with Crippen LogP contribution in [0.3, 0.4) is 0 Å². The molecular weight excluding hydrogens is 160 g/mol. The van der Waals surface area contributed by atoms with Gasteiger partial charge in [0.15, 0.2) is 0 Å². The zero-order chi connectivity index (χ0) is 9.30. The number of aryl methyl sites for hydroxylation is 1. The van der Waals surface area contributed by atoms with Crippen molar-refractivity contribution in [3.8, 4) is 0 Å². The summed E-state index contributed by atoms with van der Waals surface area (Å²) in [6.45, 7) is 0. The van der Waals surface area contributed by atoms with Crippen LogP contribution >= 0.6 is 0 Å². The Bertz CT molecular complexity index is 287. The van der Waals surface area contributed by atoms with Crippen LogP contribution in [0.15, 0.2) is 6.20 Å². The number of nitrogen functional groups attached to an aromatic ring is 1. The summed E-state index contributed by atoms with van der Waals surface area (Å²) in [5.41, 5.74) is 11.4. The largest absolute Gasteiger partial charge is 0.480 e. The number of rotatable bonds is 2.